The van der Waals surface area contributed by atoms with Gasteiger partial charge in [-0.15, -0.1) is 0 Å². The second-order valence-electron chi connectivity index (χ2n) is 16.6. The number of imide groups is 1. The van der Waals surface area contributed by atoms with Gasteiger partial charge in [-0.05, 0) is 100 Å². The first-order valence-corrected chi connectivity index (χ1v) is 20.4. The molecule has 0 aliphatic carbocycles. The summed E-state index contributed by atoms with van der Waals surface area (Å²) in [5.74, 6) is -4.95. The van der Waals surface area contributed by atoms with Crippen LogP contribution in [-0.2, 0) is 44.1 Å². The minimum atomic E-state index is -4.89. The van der Waals surface area contributed by atoms with Crippen molar-refractivity contribution in [2.45, 2.75) is 90.0 Å². The number of ketones is 1. The number of rotatable bonds is 13. The first-order valence-electron chi connectivity index (χ1n) is 19.9. The van der Waals surface area contributed by atoms with E-state index in [1.165, 1.54) is 43.0 Å². The van der Waals surface area contributed by atoms with E-state index in [4.69, 9.17) is 17.0 Å². The van der Waals surface area contributed by atoms with Gasteiger partial charge in [0, 0.05) is 63.1 Å². The Morgan fingerprint density at radius 1 is 0.951 bits per heavy atom. The number of halogens is 5. The van der Waals surface area contributed by atoms with Crippen LogP contribution in [0.2, 0.25) is 0 Å². The van der Waals surface area contributed by atoms with E-state index < -0.39 is 40.2 Å². The van der Waals surface area contributed by atoms with E-state index in [2.05, 4.69) is 15.1 Å². The lowest BCUT2D eigenvalue weighted by atomic mass is 9.90. The number of nitriles is 1. The van der Waals surface area contributed by atoms with E-state index in [-0.39, 0.29) is 77.4 Å². The summed E-state index contributed by atoms with van der Waals surface area (Å²) in [4.78, 5) is 57.3. The smallest absolute Gasteiger partial charge is 0.417 e. The summed E-state index contributed by atoms with van der Waals surface area (Å²) in [5, 5.41) is 11.4. The number of alkyl halides is 5. The number of anilines is 2. The molecule has 0 spiro atoms. The highest BCUT2D eigenvalue weighted by Gasteiger charge is 2.51. The van der Waals surface area contributed by atoms with Crippen molar-refractivity contribution in [3.63, 3.8) is 0 Å². The third kappa shape index (κ3) is 9.92. The molecule has 1 N–H and O–H groups in total. The molecule has 0 bridgehead atoms. The normalized spacial score (nSPS) is 21.4. The van der Waals surface area contributed by atoms with Crippen molar-refractivity contribution in [1.29, 1.82) is 5.26 Å². The van der Waals surface area contributed by atoms with Crippen LogP contribution in [0.25, 0.3) is 0 Å². The highest BCUT2D eigenvalue weighted by Crippen LogP contribution is 2.43. The molecule has 17 heteroatoms. The maximum Gasteiger partial charge on any atom is 0.417 e. The number of piperazine rings is 1. The van der Waals surface area contributed by atoms with Crippen LogP contribution in [0.1, 0.15) is 75.3 Å². The molecule has 3 saturated heterocycles. The maximum atomic E-state index is 15.2. The number of Topliss-reactive ketones (excluding diaryl/α,β-unsaturated/α-hetero) is 1. The van der Waals surface area contributed by atoms with Gasteiger partial charge in [-0.3, -0.25) is 39.2 Å². The number of carbonyl (C=O) groups is 4. The summed E-state index contributed by atoms with van der Waals surface area (Å²) in [6.45, 7) is 9.65. The van der Waals surface area contributed by atoms with Gasteiger partial charge < -0.3 is 9.64 Å². The van der Waals surface area contributed by atoms with E-state index in [1.807, 2.05) is 38.1 Å². The second-order valence-corrected chi connectivity index (χ2v) is 17.0. The minimum Gasteiger partial charge on any atom is -0.492 e. The van der Waals surface area contributed by atoms with Gasteiger partial charge in [0.1, 0.15) is 17.9 Å². The molecule has 1 unspecified atom stereocenters. The maximum absolute atomic E-state index is 15.2. The molecule has 11 nitrogen and oxygen atoms in total. The molecule has 61 heavy (non-hydrogen) atoms. The van der Waals surface area contributed by atoms with Crippen LogP contribution in [0.4, 0.5) is 33.3 Å². The Labute approximate surface area is 356 Å². The van der Waals surface area contributed by atoms with Crippen molar-refractivity contribution >= 4 is 52.2 Å². The summed E-state index contributed by atoms with van der Waals surface area (Å²) < 4.78 is 77.8. The molecule has 3 fully saturated rings. The Morgan fingerprint density at radius 2 is 1.61 bits per heavy atom. The van der Waals surface area contributed by atoms with E-state index >= 15 is 8.78 Å². The third-order valence-electron chi connectivity index (χ3n) is 11.5. The number of piperidine rings is 1. The van der Waals surface area contributed by atoms with Gasteiger partial charge in [0.05, 0.1) is 35.0 Å². The Bertz CT molecular complexity index is 2260. The summed E-state index contributed by atoms with van der Waals surface area (Å²) >= 11 is 5.60. The van der Waals surface area contributed by atoms with Crippen molar-refractivity contribution in [3.05, 3.63) is 88.5 Å². The monoisotopic (exact) mass is 866 g/mol. The lowest BCUT2D eigenvalue weighted by Gasteiger charge is -2.44. The zero-order valence-electron chi connectivity index (χ0n) is 34.4. The highest BCUT2D eigenvalue weighted by molar-refractivity contribution is 7.81. The van der Waals surface area contributed by atoms with Gasteiger partial charge in [0.15, 0.2) is 10.9 Å². The quantitative estimate of drug-likeness (QED) is 0.112. The van der Waals surface area contributed by atoms with Crippen LogP contribution in [0.15, 0.2) is 60.7 Å². The molecule has 0 saturated carbocycles. The molecule has 0 aromatic heterocycles. The molecule has 3 aliphatic heterocycles. The fraction of sp³-hybridized carbons (Fsp3) is 0.455. The Kier molecular flexibility index (Phi) is 13.0. The van der Waals surface area contributed by atoms with Crippen LogP contribution < -0.4 is 19.9 Å². The van der Waals surface area contributed by atoms with E-state index in [1.54, 1.807) is 0 Å². The fourth-order valence-corrected chi connectivity index (χ4v) is 8.92. The van der Waals surface area contributed by atoms with Gasteiger partial charge in [-0.25, -0.2) is 8.78 Å². The average Bonchev–Trinajstić information content (AvgIpc) is 3.35. The van der Waals surface area contributed by atoms with E-state index in [9.17, 15) is 37.6 Å². The number of ether oxygens (including phenoxy) is 1. The SMILES string of the molecule is C[C@@H]1CN(CCOc2ccc(N3C(=S)N(c4ccc(C#N)c(C(F)(F)F)c4)C(=O)C3(C)C)cc2C(C)(F)F)C[C@H](C)N1CC(=O)Cc1cccc(CC2CCC(=O)NC2=O)c1. The van der Waals surface area contributed by atoms with Crippen LogP contribution in [0.3, 0.4) is 0 Å². The number of hydrogen-bond donors (Lipinski definition) is 1. The summed E-state index contributed by atoms with van der Waals surface area (Å²) in [6, 6.07) is 15.9. The third-order valence-corrected chi connectivity index (χ3v) is 11.8. The lowest BCUT2D eigenvalue weighted by Crippen LogP contribution is -2.58. The molecule has 3 heterocycles. The number of amides is 3. The van der Waals surface area contributed by atoms with Crippen molar-refractivity contribution in [2.75, 3.05) is 42.6 Å². The van der Waals surface area contributed by atoms with Crippen LogP contribution >= 0.6 is 12.2 Å². The molecule has 0 radical (unpaired) electrons. The van der Waals surface area contributed by atoms with Gasteiger partial charge in [0.2, 0.25) is 11.8 Å². The van der Waals surface area contributed by atoms with Crippen LogP contribution in [0.5, 0.6) is 5.75 Å². The molecule has 3 amide bonds. The van der Waals surface area contributed by atoms with Crippen molar-refractivity contribution in [1.82, 2.24) is 15.1 Å². The van der Waals surface area contributed by atoms with Crippen LogP contribution in [-0.4, -0.2) is 88.8 Å². The average molecular weight is 867 g/mol. The van der Waals surface area contributed by atoms with E-state index in [0.717, 1.165) is 28.2 Å². The zero-order valence-corrected chi connectivity index (χ0v) is 35.3. The highest BCUT2D eigenvalue weighted by atomic mass is 32.1. The Morgan fingerprint density at radius 3 is 2.25 bits per heavy atom. The number of thiocarbonyl (C=S) groups is 1. The largest absolute Gasteiger partial charge is 0.492 e. The molecule has 3 aromatic carbocycles. The first kappa shape index (κ1) is 45.2. The summed E-state index contributed by atoms with van der Waals surface area (Å²) in [7, 11) is 0. The zero-order chi connectivity index (χ0) is 44.6. The molecule has 3 aliphatic rings. The topological polar surface area (TPSA) is 126 Å². The van der Waals surface area contributed by atoms with Gasteiger partial charge in [-0.2, -0.15) is 18.4 Å². The molecule has 324 valence electrons. The number of nitrogens with zero attached hydrogens (tertiary/aromatic N) is 5. The first-order chi connectivity index (χ1) is 28.6. The molecular formula is C44H47F5N6O5S. The standard InChI is InChI=1S/C44H47F5N6O5S/c1-26-23-52(24-27(2)53(26)25-34(56)19-29-8-6-7-28(17-29)18-30-10-14-38(57)51-39(30)58)15-16-60-37-13-12-33(21-36(37)43(5,45)46)55-41(61)54(40(59)42(55,3)4)32-11-9-31(22-50)35(20-32)44(47,48)49/h6-9,11-13,17,20-21,26-27,30H,10,14-16,18-19,23-25H2,1-5H3,(H,51,57,58)/t26-,27+,30?. The lowest BCUT2D eigenvalue weighted by molar-refractivity contribution is -0.138. The predicted molar refractivity (Wildman–Crippen MR) is 221 cm³/mol. The fourth-order valence-electron chi connectivity index (χ4n) is 8.40. The predicted octanol–water partition coefficient (Wildman–Crippen LogP) is 6.79. The number of nitrogens with one attached hydrogen (secondary N) is 1. The molecule has 3 aromatic rings. The second kappa shape index (κ2) is 17.6. The van der Waals surface area contributed by atoms with E-state index in [0.29, 0.717) is 51.9 Å². The minimum absolute atomic E-state index is 0.000594. The van der Waals surface area contributed by atoms with Gasteiger partial charge in [0.25, 0.3) is 11.8 Å². The summed E-state index contributed by atoms with van der Waals surface area (Å²) in [6.07, 6.45) is -3.36. The van der Waals surface area contributed by atoms with Gasteiger partial charge >= 0.3 is 6.18 Å². The van der Waals surface area contributed by atoms with Crippen molar-refractivity contribution in [3.8, 4) is 11.8 Å². The van der Waals surface area contributed by atoms with Crippen molar-refractivity contribution < 1.29 is 45.9 Å². The molecule has 6 rings (SSSR count). The summed E-state index contributed by atoms with van der Waals surface area (Å²) in [5.41, 5.74) is -2.17. The Balaban J connectivity index is 1.07. The number of hydrogen-bond acceptors (Lipinski definition) is 9. The van der Waals surface area contributed by atoms with Crippen LogP contribution in [0, 0.1) is 17.2 Å². The van der Waals surface area contributed by atoms with Gasteiger partial charge in [-0.1, -0.05) is 24.3 Å². The number of carbonyl (C=O) groups excluding carboxylic acids is 4. The Hall–Kier alpha value is -5.31. The number of benzene rings is 3. The molecule has 3 atom stereocenters. The van der Waals surface area contributed by atoms with Crippen molar-refractivity contribution in [2.24, 2.45) is 5.92 Å². The molecular weight excluding hydrogens is 820 g/mol.